The molecule has 3 rings (SSSR count). The van der Waals surface area contributed by atoms with Gasteiger partial charge < -0.3 is 4.42 Å². The highest BCUT2D eigenvalue weighted by molar-refractivity contribution is 9.10. The van der Waals surface area contributed by atoms with E-state index in [1.807, 2.05) is 36.4 Å². The molecular weight excluding hydrogens is 394 g/mol. The number of thiocarbonyl (C=S) groups is 1. The van der Waals surface area contributed by atoms with Crippen molar-refractivity contribution in [1.82, 2.24) is 4.90 Å². The molecule has 1 amide bonds. The standard InChI is InChI=1S/C17H12BrNO2S2/c1-2-8-19-16(20)15(23-17(19)22)10-13-6-7-14(21-13)11-4-3-5-12(18)9-11/h2-7,9-10H,1,8H2/b15-10+. The Morgan fingerprint density at radius 1 is 1.35 bits per heavy atom. The second kappa shape index (κ2) is 6.86. The van der Waals surface area contributed by atoms with Gasteiger partial charge in [-0.05, 0) is 24.3 Å². The van der Waals surface area contributed by atoms with Gasteiger partial charge in [0.25, 0.3) is 5.91 Å². The van der Waals surface area contributed by atoms with Gasteiger partial charge in [-0.2, -0.15) is 0 Å². The molecule has 0 aliphatic carbocycles. The minimum atomic E-state index is -0.111. The van der Waals surface area contributed by atoms with Crippen LogP contribution >= 0.6 is 39.9 Å². The van der Waals surface area contributed by atoms with Crippen molar-refractivity contribution in [3.8, 4) is 11.3 Å². The zero-order valence-electron chi connectivity index (χ0n) is 12.0. The van der Waals surface area contributed by atoms with Crippen molar-refractivity contribution in [3.05, 3.63) is 64.2 Å². The topological polar surface area (TPSA) is 33.5 Å². The van der Waals surface area contributed by atoms with E-state index in [1.165, 1.54) is 16.7 Å². The van der Waals surface area contributed by atoms with Crippen LogP contribution < -0.4 is 0 Å². The first-order chi connectivity index (χ1) is 11.1. The summed E-state index contributed by atoms with van der Waals surface area (Å²) in [6, 6.07) is 11.6. The molecule has 1 aliphatic heterocycles. The Labute approximate surface area is 152 Å². The number of benzene rings is 1. The predicted octanol–water partition coefficient (Wildman–Crippen LogP) is 5.10. The van der Waals surface area contributed by atoms with Crippen LogP contribution in [-0.4, -0.2) is 21.7 Å². The molecule has 1 saturated heterocycles. The molecule has 6 heteroatoms. The molecule has 0 unspecified atom stereocenters. The molecule has 23 heavy (non-hydrogen) atoms. The number of halogens is 1. The fraction of sp³-hybridized carbons (Fsp3) is 0.0588. The zero-order valence-corrected chi connectivity index (χ0v) is 15.2. The lowest BCUT2D eigenvalue weighted by Gasteiger charge is -2.10. The molecule has 2 heterocycles. The first kappa shape index (κ1) is 16.2. The predicted molar refractivity (Wildman–Crippen MR) is 102 cm³/mol. The van der Waals surface area contributed by atoms with Crippen LogP contribution in [0.25, 0.3) is 17.4 Å². The van der Waals surface area contributed by atoms with Gasteiger partial charge in [0.15, 0.2) is 0 Å². The third-order valence-corrected chi connectivity index (χ3v) is 5.07. The number of nitrogens with zero attached hydrogens (tertiary/aromatic N) is 1. The molecule has 0 radical (unpaired) electrons. The van der Waals surface area contributed by atoms with Gasteiger partial charge in [-0.3, -0.25) is 9.69 Å². The minimum absolute atomic E-state index is 0.111. The van der Waals surface area contributed by atoms with Crippen LogP contribution in [-0.2, 0) is 4.79 Å². The van der Waals surface area contributed by atoms with E-state index in [0.29, 0.717) is 21.5 Å². The van der Waals surface area contributed by atoms with E-state index in [0.717, 1.165) is 15.8 Å². The number of hydrogen-bond acceptors (Lipinski definition) is 4. The molecule has 0 N–H and O–H groups in total. The van der Waals surface area contributed by atoms with Crippen LogP contribution in [0.5, 0.6) is 0 Å². The molecule has 0 bridgehead atoms. The van der Waals surface area contributed by atoms with Crippen molar-refractivity contribution in [1.29, 1.82) is 0 Å². The largest absolute Gasteiger partial charge is 0.457 e. The van der Waals surface area contributed by atoms with Gasteiger partial charge in [0.05, 0.1) is 4.91 Å². The summed E-state index contributed by atoms with van der Waals surface area (Å²) >= 11 is 9.94. The van der Waals surface area contributed by atoms with Gasteiger partial charge in [0.2, 0.25) is 0 Å². The summed E-state index contributed by atoms with van der Waals surface area (Å²) in [5.74, 6) is 1.26. The molecule has 0 atom stereocenters. The maximum Gasteiger partial charge on any atom is 0.266 e. The Morgan fingerprint density at radius 3 is 2.91 bits per heavy atom. The first-order valence-corrected chi connectivity index (χ1v) is 8.82. The van der Waals surface area contributed by atoms with Crippen molar-refractivity contribution >= 4 is 56.2 Å². The number of amides is 1. The molecule has 2 aromatic rings. The van der Waals surface area contributed by atoms with Gasteiger partial charge in [-0.1, -0.05) is 58.1 Å². The highest BCUT2D eigenvalue weighted by Crippen LogP contribution is 2.33. The molecule has 0 saturated carbocycles. The highest BCUT2D eigenvalue weighted by Gasteiger charge is 2.31. The maximum atomic E-state index is 12.3. The number of furan rings is 1. The van der Waals surface area contributed by atoms with Gasteiger partial charge in [0.1, 0.15) is 15.8 Å². The zero-order chi connectivity index (χ0) is 16.4. The summed E-state index contributed by atoms with van der Waals surface area (Å²) in [5, 5.41) is 0. The Kier molecular flexibility index (Phi) is 4.84. The van der Waals surface area contributed by atoms with Gasteiger partial charge >= 0.3 is 0 Å². The normalized spacial score (nSPS) is 16.4. The molecule has 1 aromatic carbocycles. The smallest absolute Gasteiger partial charge is 0.266 e. The quantitative estimate of drug-likeness (QED) is 0.402. The van der Waals surface area contributed by atoms with Gasteiger partial charge in [-0.15, -0.1) is 6.58 Å². The molecule has 3 nitrogen and oxygen atoms in total. The lowest BCUT2D eigenvalue weighted by Crippen LogP contribution is -2.27. The molecular formula is C17H12BrNO2S2. The van der Waals surface area contributed by atoms with E-state index in [4.69, 9.17) is 16.6 Å². The SMILES string of the molecule is C=CCN1C(=O)/C(=C\c2ccc(-c3cccc(Br)c3)o2)SC1=S. The highest BCUT2D eigenvalue weighted by atomic mass is 79.9. The number of rotatable bonds is 4. The van der Waals surface area contributed by atoms with E-state index < -0.39 is 0 Å². The van der Waals surface area contributed by atoms with E-state index >= 15 is 0 Å². The van der Waals surface area contributed by atoms with Crippen LogP contribution in [0.4, 0.5) is 0 Å². The average molecular weight is 406 g/mol. The maximum absolute atomic E-state index is 12.3. The summed E-state index contributed by atoms with van der Waals surface area (Å²) in [6.07, 6.45) is 3.38. The van der Waals surface area contributed by atoms with Crippen molar-refractivity contribution in [2.75, 3.05) is 6.54 Å². The molecule has 1 aliphatic rings. The fourth-order valence-corrected chi connectivity index (χ4v) is 3.80. The summed E-state index contributed by atoms with van der Waals surface area (Å²) < 4.78 is 7.35. The van der Waals surface area contributed by atoms with E-state index in [-0.39, 0.29) is 5.91 Å². The summed E-state index contributed by atoms with van der Waals surface area (Å²) in [4.78, 5) is 14.4. The van der Waals surface area contributed by atoms with Gasteiger partial charge in [0, 0.05) is 22.7 Å². The van der Waals surface area contributed by atoms with Crippen LogP contribution in [0, 0.1) is 0 Å². The van der Waals surface area contributed by atoms with Crippen molar-refractivity contribution in [2.45, 2.75) is 0 Å². The third kappa shape index (κ3) is 3.49. The van der Waals surface area contributed by atoms with Crippen molar-refractivity contribution in [2.24, 2.45) is 0 Å². The van der Waals surface area contributed by atoms with E-state index in [9.17, 15) is 4.79 Å². The monoisotopic (exact) mass is 405 g/mol. The van der Waals surface area contributed by atoms with E-state index in [2.05, 4.69) is 22.5 Å². The van der Waals surface area contributed by atoms with Crippen LogP contribution in [0.3, 0.4) is 0 Å². The average Bonchev–Trinajstić information content (AvgIpc) is 3.09. The van der Waals surface area contributed by atoms with Crippen molar-refractivity contribution in [3.63, 3.8) is 0 Å². The second-order valence-electron chi connectivity index (χ2n) is 4.79. The number of hydrogen-bond donors (Lipinski definition) is 0. The Balaban J connectivity index is 1.85. The Bertz CT molecular complexity index is 826. The van der Waals surface area contributed by atoms with Crippen molar-refractivity contribution < 1.29 is 9.21 Å². The number of carbonyl (C=O) groups is 1. The number of carbonyl (C=O) groups excluding carboxylic acids is 1. The van der Waals surface area contributed by atoms with Crippen LogP contribution in [0.2, 0.25) is 0 Å². The molecule has 0 spiro atoms. The lowest BCUT2D eigenvalue weighted by atomic mass is 10.2. The fourth-order valence-electron chi connectivity index (χ4n) is 2.14. The molecule has 1 aromatic heterocycles. The first-order valence-electron chi connectivity index (χ1n) is 6.80. The Hall–Kier alpha value is -1.63. The molecule has 116 valence electrons. The van der Waals surface area contributed by atoms with E-state index in [1.54, 1.807) is 12.2 Å². The number of thioether (sulfide) groups is 1. The summed E-state index contributed by atoms with van der Waals surface area (Å²) in [7, 11) is 0. The minimum Gasteiger partial charge on any atom is -0.457 e. The van der Waals surface area contributed by atoms with Crippen LogP contribution in [0.15, 0.2) is 62.8 Å². The lowest BCUT2D eigenvalue weighted by molar-refractivity contribution is -0.121. The summed E-state index contributed by atoms with van der Waals surface area (Å²) in [5.41, 5.74) is 0.971. The third-order valence-electron chi connectivity index (χ3n) is 3.19. The second-order valence-corrected chi connectivity index (χ2v) is 7.38. The Morgan fingerprint density at radius 2 is 2.17 bits per heavy atom. The van der Waals surface area contributed by atoms with Gasteiger partial charge in [-0.25, -0.2) is 0 Å². The summed E-state index contributed by atoms with van der Waals surface area (Å²) in [6.45, 7) is 4.06. The molecule has 1 fully saturated rings. The van der Waals surface area contributed by atoms with Crippen LogP contribution in [0.1, 0.15) is 5.76 Å².